The third kappa shape index (κ3) is 4.24. The molecule has 6 heteroatoms. The van der Waals surface area contributed by atoms with E-state index < -0.39 is 11.9 Å². The monoisotopic (exact) mass is 297 g/mol. The molecule has 0 aromatic carbocycles. The van der Waals surface area contributed by atoms with E-state index in [0.717, 1.165) is 0 Å². The van der Waals surface area contributed by atoms with Crippen LogP contribution in [0.1, 0.15) is 61.1 Å². The summed E-state index contributed by atoms with van der Waals surface area (Å²) in [4.78, 5) is 24.2. The lowest BCUT2D eigenvalue weighted by molar-refractivity contribution is 0.0480. The molecule has 1 heterocycles. The number of esters is 2. The molecule has 0 unspecified atom stereocenters. The zero-order valence-corrected chi connectivity index (χ0v) is 13.5. The van der Waals surface area contributed by atoms with E-state index in [0.29, 0.717) is 5.76 Å². The van der Waals surface area contributed by atoms with Crippen LogP contribution in [0.15, 0.2) is 4.42 Å². The van der Waals surface area contributed by atoms with E-state index in [-0.39, 0.29) is 35.8 Å². The predicted octanol–water partition coefficient (Wildman–Crippen LogP) is 3.15. The van der Waals surface area contributed by atoms with Crippen LogP contribution in [-0.2, 0) is 9.47 Å². The van der Waals surface area contributed by atoms with Crippen LogP contribution in [0.4, 0.5) is 5.88 Å². The molecule has 0 amide bonds. The number of hydrogen-bond acceptors (Lipinski definition) is 6. The van der Waals surface area contributed by atoms with Crippen LogP contribution >= 0.6 is 0 Å². The normalized spacial score (nSPS) is 11.1. The minimum Gasteiger partial charge on any atom is -0.462 e. The summed E-state index contributed by atoms with van der Waals surface area (Å²) < 4.78 is 15.5. The Morgan fingerprint density at radius 2 is 1.52 bits per heavy atom. The number of hydrogen-bond donors (Lipinski definition) is 1. The number of nitrogens with one attached hydrogen (secondary N) is 1. The Bertz CT molecular complexity index is 525. The second-order valence-electron chi connectivity index (χ2n) is 5.55. The Morgan fingerprint density at radius 3 is 1.95 bits per heavy atom. The molecule has 0 saturated heterocycles. The number of carbonyl (C=O) groups excluding carboxylic acids is 2. The van der Waals surface area contributed by atoms with Crippen molar-refractivity contribution in [3.63, 3.8) is 0 Å². The minimum atomic E-state index is -0.607. The smallest absolute Gasteiger partial charge is 0.344 e. The van der Waals surface area contributed by atoms with Gasteiger partial charge in [-0.25, -0.2) is 9.59 Å². The van der Waals surface area contributed by atoms with E-state index in [2.05, 4.69) is 5.32 Å². The maximum absolute atomic E-state index is 12.2. The van der Waals surface area contributed by atoms with Crippen molar-refractivity contribution < 1.29 is 23.5 Å². The third-order valence-corrected chi connectivity index (χ3v) is 2.53. The second kappa shape index (κ2) is 6.65. The van der Waals surface area contributed by atoms with Gasteiger partial charge in [0.25, 0.3) is 0 Å². The average Bonchev–Trinajstić information content (AvgIpc) is 2.64. The fourth-order valence-electron chi connectivity index (χ4n) is 1.82. The van der Waals surface area contributed by atoms with Gasteiger partial charge in [-0.3, -0.25) is 0 Å². The summed E-state index contributed by atoms with van der Waals surface area (Å²) in [5, 5.41) is 3.07. The molecular formula is C15H23NO5. The van der Waals surface area contributed by atoms with Gasteiger partial charge in [-0.05, 0) is 41.5 Å². The molecule has 0 aliphatic carbocycles. The lowest BCUT2D eigenvalue weighted by Gasteiger charge is -2.20. The Hall–Kier alpha value is -1.98. The van der Waals surface area contributed by atoms with E-state index in [1.165, 1.54) is 0 Å². The van der Waals surface area contributed by atoms with Gasteiger partial charge in [-0.15, -0.1) is 0 Å². The summed E-state index contributed by atoms with van der Waals surface area (Å²) in [5.74, 6) is -0.655. The van der Waals surface area contributed by atoms with E-state index >= 15 is 0 Å². The Balaban J connectivity index is 3.35. The molecule has 118 valence electrons. The summed E-state index contributed by atoms with van der Waals surface area (Å²) in [7, 11) is 0. The van der Waals surface area contributed by atoms with Crippen LogP contribution in [-0.4, -0.2) is 30.7 Å². The number of ether oxygens (including phenoxy) is 2. The topological polar surface area (TPSA) is 77.8 Å². The van der Waals surface area contributed by atoms with Crippen LogP contribution in [0, 0.1) is 6.92 Å². The first-order valence-electron chi connectivity index (χ1n) is 6.97. The third-order valence-electron chi connectivity index (χ3n) is 2.53. The summed E-state index contributed by atoms with van der Waals surface area (Å²) in [5.41, 5.74) is -0.137. The van der Waals surface area contributed by atoms with Gasteiger partial charge in [0.1, 0.15) is 16.9 Å². The lowest BCUT2D eigenvalue weighted by atomic mass is 10.1. The number of rotatable bonds is 5. The van der Waals surface area contributed by atoms with Gasteiger partial charge in [0.15, 0.2) is 0 Å². The Kier molecular flexibility index (Phi) is 5.41. The van der Waals surface area contributed by atoms with Crippen molar-refractivity contribution in [3.05, 3.63) is 16.9 Å². The first-order chi connectivity index (χ1) is 9.71. The van der Waals surface area contributed by atoms with Crippen LogP contribution < -0.4 is 5.32 Å². The van der Waals surface area contributed by atoms with E-state index in [9.17, 15) is 9.59 Å². The van der Waals surface area contributed by atoms with Crippen LogP contribution in [0.25, 0.3) is 0 Å². The summed E-state index contributed by atoms with van der Waals surface area (Å²) in [6.45, 7) is 11.2. The van der Waals surface area contributed by atoms with E-state index in [1.54, 1.807) is 20.8 Å². The van der Waals surface area contributed by atoms with Crippen molar-refractivity contribution in [2.45, 2.75) is 47.1 Å². The maximum atomic E-state index is 12.2. The van der Waals surface area contributed by atoms with E-state index in [4.69, 9.17) is 13.9 Å². The van der Waals surface area contributed by atoms with Crippen molar-refractivity contribution in [1.82, 2.24) is 0 Å². The van der Waals surface area contributed by atoms with Gasteiger partial charge in [0.05, 0.1) is 13.2 Å². The molecule has 6 nitrogen and oxygen atoms in total. The number of carbonyl (C=O) groups is 2. The number of anilines is 1. The van der Waals surface area contributed by atoms with Crippen molar-refractivity contribution in [3.8, 4) is 0 Å². The Morgan fingerprint density at radius 1 is 1.05 bits per heavy atom. The molecule has 0 atom stereocenters. The summed E-state index contributed by atoms with van der Waals surface area (Å²) >= 11 is 0. The molecule has 0 radical (unpaired) electrons. The average molecular weight is 297 g/mol. The molecule has 0 saturated carbocycles. The first kappa shape index (κ1) is 17.1. The van der Waals surface area contributed by atoms with Crippen molar-refractivity contribution >= 4 is 17.8 Å². The zero-order valence-electron chi connectivity index (χ0n) is 13.5. The van der Waals surface area contributed by atoms with Gasteiger partial charge in [-0.2, -0.15) is 0 Å². The van der Waals surface area contributed by atoms with Gasteiger partial charge in [0, 0.05) is 5.54 Å². The van der Waals surface area contributed by atoms with E-state index in [1.807, 2.05) is 20.8 Å². The second-order valence-corrected chi connectivity index (χ2v) is 5.55. The van der Waals surface area contributed by atoms with Crippen molar-refractivity contribution in [2.24, 2.45) is 0 Å². The highest BCUT2D eigenvalue weighted by molar-refractivity contribution is 6.07. The van der Waals surface area contributed by atoms with Gasteiger partial charge in [0.2, 0.25) is 5.88 Å². The largest absolute Gasteiger partial charge is 0.462 e. The van der Waals surface area contributed by atoms with Gasteiger partial charge >= 0.3 is 11.9 Å². The molecule has 1 N–H and O–H groups in total. The van der Waals surface area contributed by atoms with Crippen molar-refractivity contribution in [2.75, 3.05) is 18.5 Å². The van der Waals surface area contributed by atoms with Gasteiger partial charge in [-0.1, -0.05) is 0 Å². The lowest BCUT2D eigenvalue weighted by Crippen LogP contribution is -2.27. The molecule has 1 aromatic heterocycles. The van der Waals surface area contributed by atoms with Crippen LogP contribution in [0.2, 0.25) is 0 Å². The first-order valence-corrected chi connectivity index (χ1v) is 6.97. The molecule has 0 aliphatic heterocycles. The summed E-state index contributed by atoms with van der Waals surface area (Å²) in [6.07, 6.45) is 0. The molecule has 0 spiro atoms. The Labute approximate surface area is 124 Å². The fourth-order valence-corrected chi connectivity index (χ4v) is 1.82. The molecule has 0 aliphatic rings. The molecule has 0 fully saturated rings. The quantitative estimate of drug-likeness (QED) is 0.841. The highest BCUT2D eigenvalue weighted by Crippen LogP contribution is 2.30. The predicted molar refractivity (Wildman–Crippen MR) is 78.7 cm³/mol. The van der Waals surface area contributed by atoms with Crippen LogP contribution in [0.3, 0.4) is 0 Å². The van der Waals surface area contributed by atoms with Crippen molar-refractivity contribution in [1.29, 1.82) is 0 Å². The van der Waals surface area contributed by atoms with Crippen LogP contribution in [0.5, 0.6) is 0 Å². The molecule has 1 rings (SSSR count). The SMILES string of the molecule is CCOC(=O)c1c(C)oc(NC(C)(C)C)c1C(=O)OCC. The highest BCUT2D eigenvalue weighted by atomic mass is 16.5. The molecule has 1 aromatic rings. The zero-order chi connectivity index (χ0) is 16.2. The summed E-state index contributed by atoms with van der Waals surface area (Å²) in [6, 6.07) is 0. The molecule has 0 bridgehead atoms. The maximum Gasteiger partial charge on any atom is 0.344 e. The fraction of sp³-hybridized carbons (Fsp3) is 0.600. The highest BCUT2D eigenvalue weighted by Gasteiger charge is 2.31. The number of furan rings is 1. The number of aryl methyl sites for hydroxylation is 1. The molecular weight excluding hydrogens is 274 g/mol. The standard InChI is InChI=1S/C15H23NO5/c1-7-19-13(17)10-9(3)21-12(16-15(4,5)6)11(10)14(18)20-8-2/h16H,7-8H2,1-6H3. The molecule has 21 heavy (non-hydrogen) atoms. The van der Waals surface area contributed by atoms with Gasteiger partial charge < -0.3 is 19.2 Å². The minimum absolute atomic E-state index is 0.0859.